The van der Waals surface area contributed by atoms with E-state index in [1.165, 1.54) is 11.3 Å². The fraction of sp³-hybridized carbons (Fsp3) is 0.261. The zero-order valence-corrected chi connectivity index (χ0v) is 16.0. The van der Waals surface area contributed by atoms with Gasteiger partial charge in [-0.15, -0.1) is 0 Å². The van der Waals surface area contributed by atoms with Crippen molar-refractivity contribution in [2.24, 2.45) is 0 Å². The van der Waals surface area contributed by atoms with Crippen LogP contribution in [0.2, 0.25) is 0 Å². The molecule has 4 rings (SSSR count). The molecule has 5 nitrogen and oxygen atoms in total. The van der Waals surface area contributed by atoms with Crippen LogP contribution in [-0.2, 0) is 19.7 Å². The van der Waals surface area contributed by atoms with Crippen molar-refractivity contribution in [1.29, 1.82) is 0 Å². The van der Waals surface area contributed by atoms with Crippen LogP contribution in [0.4, 0.5) is 5.69 Å². The Morgan fingerprint density at radius 1 is 1.07 bits per heavy atom. The minimum absolute atomic E-state index is 0.104. The van der Waals surface area contributed by atoms with Gasteiger partial charge in [-0.25, -0.2) is 0 Å². The summed E-state index contributed by atoms with van der Waals surface area (Å²) >= 11 is 0. The van der Waals surface area contributed by atoms with Gasteiger partial charge in [-0.3, -0.25) is 9.69 Å². The Balaban J connectivity index is 1.42. The lowest BCUT2D eigenvalue weighted by Gasteiger charge is -2.34. The number of fused-ring (bicyclic) bond motifs is 1. The highest BCUT2D eigenvalue weighted by atomic mass is 16.3. The van der Waals surface area contributed by atoms with Gasteiger partial charge in [0.25, 0.3) is 5.91 Å². The maximum atomic E-state index is 12.5. The summed E-state index contributed by atoms with van der Waals surface area (Å²) in [5.41, 5.74) is 4.50. The Kier molecular flexibility index (Phi) is 5.28. The van der Waals surface area contributed by atoms with Crippen LogP contribution in [0, 0.1) is 0 Å². The summed E-state index contributed by atoms with van der Waals surface area (Å²) in [6.45, 7) is 5.03. The molecule has 0 radical (unpaired) electrons. The summed E-state index contributed by atoms with van der Waals surface area (Å²) in [5.74, 6) is -0.170. The molecule has 2 heterocycles. The maximum absolute atomic E-state index is 12.5. The topological polar surface area (TPSA) is 57.5 Å². The number of hydrogen-bond acceptors (Lipinski definition) is 3. The summed E-state index contributed by atoms with van der Waals surface area (Å²) in [6.07, 6.45) is 2.14. The fourth-order valence-corrected chi connectivity index (χ4v) is 3.81. The molecule has 0 bridgehead atoms. The molecule has 0 fully saturated rings. The van der Waals surface area contributed by atoms with Crippen molar-refractivity contribution < 1.29 is 9.90 Å². The van der Waals surface area contributed by atoms with E-state index in [1.54, 1.807) is 12.1 Å². The van der Waals surface area contributed by atoms with Crippen molar-refractivity contribution in [3.8, 4) is 0 Å². The minimum Gasteiger partial charge on any atom is -0.392 e. The van der Waals surface area contributed by atoms with Crippen LogP contribution in [0.1, 0.15) is 40.1 Å². The molecule has 1 aliphatic heterocycles. The van der Waals surface area contributed by atoms with Crippen molar-refractivity contribution in [3.63, 3.8) is 0 Å². The van der Waals surface area contributed by atoms with Gasteiger partial charge < -0.3 is 15.0 Å². The summed E-state index contributed by atoms with van der Waals surface area (Å²) < 4.78 is 2.32. The molecule has 5 heteroatoms. The third-order valence-electron chi connectivity index (χ3n) is 5.51. The monoisotopic (exact) mass is 375 g/mol. The Bertz CT molecular complexity index is 962. The van der Waals surface area contributed by atoms with Crippen molar-refractivity contribution >= 4 is 11.6 Å². The Labute approximate surface area is 165 Å². The van der Waals surface area contributed by atoms with Crippen LogP contribution in [-0.4, -0.2) is 27.0 Å². The highest BCUT2D eigenvalue weighted by Gasteiger charge is 2.23. The lowest BCUT2D eigenvalue weighted by Crippen LogP contribution is -2.35. The summed E-state index contributed by atoms with van der Waals surface area (Å²) in [5, 5.41) is 12.3. The molecule has 144 valence electrons. The molecule has 0 saturated heterocycles. The van der Waals surface area contributed by atoms with E-state index in [0.29, 0.717) is 22.9 Å². The number of carbonyl (C=O) groups excluding carboxylic acids is 1. The Morgan fingerprint density at radius 2 is 1.86 bits per heavy atom. The SMILES string of the molecule is C[C@H]1c2cccn2CCN1Cc1ccc(C(=O)Nc2ccccc2CO)cc1. The van der Waals surface area contributed by atoms with Gasteiger partial charge in [-0.1, -0.05) is 30.3 Å². The number of benzene rings is 2. The van der Waals surface area contributed by atoms with Gasteiger partial charge in [0.05, 0.1) is 6.61 Å². The first-order chi connectivity index (χ1) is 13.7. The molecule has 1 aromatic heterocycles. The molecule has 0 saturated carbocycles. The number of rotatable bonds is 5. The molecular weight excluding hydrogens is 350 g/mol. The van der Waals surface area contributed by atoms with Gasteiger partial charge in [0.1, 0.15) is 0 Å². The molecule has 2 aromatic carbocycles. The Hall–Kier alpha value is -2.89. The quantitative estimate of drug-likeness (QED) is 0.713. The second-order valence-corrected chi connectivity index (χ2v) is 7.24. The molecule has 0 spiro atoms. The first-order valence-electron chi connectivity index (χ1n) is 9.64. The molecule has 3 aromatic rings. The number of aromatic nitrogens is 1. The van der Waals surface area contributed by atoms with E-state index in [9.17, 15) is 9.90 Å². The number of nitrogens with zero attached hydrogens (tertiary/aromatic N) is 2. The average molecular weight is 375 g/mol. The number of aliphatic hydroxyl groups excluding tert-OH is 1. The smallest absolute Gasteiger partial charge is 0.255 e. The number of nitrogens with one attached hydrogen (secondary N) is 1. The lowest BCUT2D eigenvalue weighted by atomic mass is 10.1. The van der Waals surface area contributed by atoms with Crippen molar-refractivity contribution in [2.45, 2.75) is 32.7 Å². The molecular formula is C23H25N3O2. The van der Waals surface area contributed by atoms with Crippen LogP contribution in [0.3, 0.4) is 0 Å². The van der Waals surface area contributed by atoms with Gasteiger partial charge in [0.15, 0.2) is 0 Å². The van der Waals surface area contributed by atoms with Crippen LogP contribution in [0.25, 0.3) is 0 Å². The second kappa shape index (κ2) is 8.00. The molecule has 0 aliphatic carbocycles. The number of anilines is 1. The van der Waals surface area contributed by atoms with Crippen molar-refractivity contribution in [1.82, 2.24) is 9.47 Å². The van der Waals surface area contributed by atoms with Crippen molar-refractivity contribution in [2.75, 3.05) is 11.9 Å². The van der Waals surface area contributed by atoms with Gasteiger partial charge in [-0.05, 0) is 42.8 Å². The van der Waals surface area contributed by atoms with E-state index in [0.717, 1.165) is 19.6 Å². The normalized spacial score (nSPS) is 16.6. The molecule has 1 aliphatic rings. The zero-order valence-electron chi connectivity index (χ0n) is 16.0. The largest absolute Gasteiger partial charge is 0.392 e. The molecule has 0 unspecified atom stereocenters. The Morgan fingerprint density at radius 3 is 2.64 bits per heavy atom. The third kappa shape index (κ3) is 3.72. The number of hydrogen-bond donors (Lipinski definition) is 2. The first-order valence-corrected chi connectivity index (χ1v) is 9.64. The molecule has 28 heavy (non-hydrogen) atoms. The fourth-order valence-electron chi connectivity index (χ4n) is 3.81. The van der Waals surface area contributed by atoms with E-state index in [1.807, 2.05) is 36.4 Å². The van der Waals surface area contributed by atoms with Gasteiger partial charge in [0, 0.05) is 54.4 Å². The number of carbonyl (C=O) groups is 1. The van der Waals surface area contributed by atoms with Gasteiger partial charge >= 0.3 is 0 Å². The van der Waals surface area contributed by atoms with Crippen LogP contribution < -0.4 is 5.32 Å². The summed E-state index contributed by atoms with van der Waals surface area (Å²) in [4.78, 5) is 15.0. The zero-order chi connectivity index (χ0) is 19.5. The van der Waals surface area contributed by atoms with Gasteiger partial charge in [0.2, 0.25) is 0 Å². The minimum atomic E-state index is -0.170. The average Bonchev–Trinajstić information content (AvgIpc) is 3.21. The van der Waals surface area contributed by atoms with Crippen LogP contribution in [0.5, 0.6) is 0 Å². The second-order valence-electron chi connectivity index (χ2n) is 7.24. The first kappa shape index (κ1) is 18.5. The summed E-state index contributed by atoms with van der Waals surface area (Å²) in [6, 6.07) is 19.7. The van der Waals surface area contributed by atoms with Crippen LogP contribution in [0.15, 0.2) is 66.9 Å². The standard InChI is InChI=1S/C23H25N3O2/c1-17-22-7-4-12-25(22)13-14-26(17)15-18-8-10-19(11-9-18)23(28)24-21-6-3-2-5-20(21)16-27/h2-12,17,27H,13-16H2,1H3,(H,24,28)/t17-/m0/s1. The molecule has 1 atom stereocenters. The van der Waals surface area contributed by atoms with E-state index in [4.69, 9.17) is 0 Å². The molecule has 1 amide bonds. The lowest BCUT2D eigenvalue weighted by molar-refractivity contribution is 0.102. The van der Waals surface area contributed by atoms with Crippen molar-refractivity contribution in [3.05, 3.63) is 89.2 Å². The predicted octanol–water partition coefficient (Wildman–Crippen LogP) is 3.81. The number of aliphatic hydroxyl groups is 1. The predicted molar refractivity (Wildman–Crippen MR) is 110 cm³/mol. The van der Waals surface area contributed by atoms with Gasteiger partial charge in [-0.2, -0.15) is 0 Å². The van der Waals surface area contributed by atoms with E-state index in [-0.39, 0.29) is 12.5 Å². The third-order valence-corrected chi connectivity index (χ3v) is 5.51. The highest BCUT2D eigenvalue weighted by Crippen LogP contribution is 2.27. The summed E-state index contributed by atoms with van der Waals surface area (Å²) in [7, 11) is 0. The van der Waals surface area contributed by atoms with E-state index < -0.39 is 0 Å². The molecule has 2 N–H and O–H groups in total. The van der Waals surface area contributed by atoms with E-state index >= 15 is 0 Å². The number of para-hydroxylation sites is 1. The van der Waals surface area contributed by atoms with E-state index in [2.05, 4.69) is 40.0 Å². The maximum Gasteiger partial charge on any atom is 0.255 e. The highest BCUT2D eigenvalue weighted by molar-refractivity contribution is 6.04. The number of amides is 1. The van der Waals surface area contributed by atoms with Crippen LogP contribution >= 0.6 is 0 Å².